The van der Waals surface area contributed by atoms with Gasteiger partial charge in [-0.1, -0.05) is 56.6 Å². The number of hydrogen-bond donors (Lipinski definition) is 3. The monoisotopic (exact) mass is 563 g/mol. The molecular weight excluding hydrogens is 522 g/mol. The Kier molecular flexibility index (Phi) is 13.1. The van der Waals surface area contributed by atoms with Crippen molar-refractivity contribution in [2.75, 3.05) is 6.79 Å². The third-order valence-corrected chi connectivity index (χ3v) is 7.47. The predicted molar refractivity (Wildman–Crippen MR) is 156 cm³/mol. The second-order valence-electron chi connectivity index (χ2n) is 10.4. The lowest BCUT2D eigenvalue weighted by Crippen LogP contribution is -2.34. The summed E-state index contributed by atoms with van der Waals surface area (Å²) in [6, 6.07) is 6.93. The number of rotatable bonds is 13. The van der Waals surface area contributed by atoms with E-state index in [1.165, 1.54) is 38.1 Å². The van der Waals surface area contributed by atoms with E-state index in [0.717, 1.165) is 49.7 Å². The number of primary amides is 1. The van der Waals surface area contributed by atoms with Crippen LogP contribution in [0.15, 0.2) is 61.0 Å². The molecule has 4 rings (SSSR count). The van der Waals surface area contributed by atoms with Gasteiger partial charge in [0.1, 0.15) is 0 Å². The Bertz CT molecular complexity index is 1200. The number of carbonyl (C=O) groups excluding carboxylic acids is 3. The molecule has 2 heterocycles. The number of aromatic nitrogens is 1. The standard InChI is InChI=1S/C26H35NO5.C6H6N2O/c1-19-12-13-20(16-23(19)26(29)27-30)10-8-6-4-2-3-5-7-9-11-21-14-15-22(17-28)25-24(21)31-18-32-25;7-6(9)5-1-3-8-4-2-5/h6,8,12-15,17,19-20,23,30H,2-5,7,9-11,16,18H2,1H3,(H,27,29);1-4H,(H2,7,9). The first-order valence-corrected chi connectivity index (χ1v) is 14.3. The number of nitrogens with one attached hydrogen (secondary N) is 1. The molecule has 0 saturated carbocycles. The predicted octanol–water partition coefficient (Wildman–Crippen LogP) is 5.57. The van der Waals surface area contributed by atoms with Crippen molar-refractivity contribution in [1.82, 2.24) is 10.5 Å². The van der Waals surface area contributed by atoms with Gasteiger partial charge in [0, 0.05) is 23.9 Å². The zero-order valence-electron chi connectivity index (χ0n) is 23.7. The van der Waals surface area contributed by atoms with E-state index in [4.69, 9.17) is 20.4 Å². The molecule has 0 saturated heterocycles. The number of ether oxygens (including phenoxy) is 2. The summed E-state index contributed by atoms with van der Waals surface area (Å²) in [4.78, 5) is 37.0. The number of unbranched alkanes of at least 4 members (excludes halogenated alkanes) is 5. The summed E-state index contributed by atoms with van der Waals surface area (Å²) < 4.78 is 11.0. The zero-order chi connectivity index (χ0) is 29.5. The molecule has 9 heteroatoms. The minimum atomic E-state index is -0.419. The van der Waals surface area contributed by atoms with Gasteiger partial charge in [0.05, 0.1) is 5.56 Å². The lowest BCUT2D eigenvalue weighted by molar-refractivity contribution is -0.135. The number of allylic oxidation sites excluding steroid dienone is 4. The number of carbonyl (C=O) groups is 3. The number of hydroxylamine groups is 1. The molecule has 0 bridgehead atoms. The first-order chi connectivity index (χ1) is 19.9. The van der Waals surface area contributed by atoms with Crippen molar-refractivity contribution in [1.29, 1.82) is 0 Å². The lowest BCUT2D eigenvalue weighted by atomic mass is 9.78. The van der Waals surface area contributed by atoms with Crippen LogP contribution in [0.3, 0.4) is 0 Å². The van der Waals surface area contributed by atoms with E-state index in [-0.39, 0.29) is 24.5 Å². The molecule has 3 unspecified atom stereocenters. The maximum absolute atomic E-state index is 11.8. The number of amides is 2. The summed E-state index contributed by atoms with van der Waals surface area (Å²) in [5.74, 6) is 1.02. The van der Waals surface area contributed by atoms with Crippen molar-refractivity contribution in [3.8, 4) is 11.5 Å². The van der Waals surface area contributed by atoms with Crippen LogP contribution < -0.4 is 20.7 Å². The Morgan fingerprint density at radius 1 is 1.02 bits per heavy atom. The highest BCUT2D eigenvalue weighted by Gasteiger charge is 2.28. The number of benzene rings is 1. The van der Waals surface area contributed by atoms with Gasteiger partial charge >= 0.3 is 0 Å². The van der Waals surface area contributed by atoms with Gasteiger partial charge in [0.25, 0.3) is 0 Å². The Morgan fingerprint density at radius 3 is 2.46 bits per heavy atom. The van der Waals surface area contributed by atoms with Gasteiger partial charge in [-0.3, -0.25) is 24.6 Å². The van der Waals surface area contributed by atoms with Crippen LogP contribution in [0, 0.1) is 17.8 Å². The van der Waals surface area contributed by atoms with Crippen molar-refractivity contribution < 1.29 is 29.1 Å². The molecule has 2 aromatic rings. The van der Waals surface area contributed by atoms with Crippen molar-refractivity contribution in [3.05, 3.63) is 77.7 Å². The fraction of sp³-hybridized carbons (Fsp3) is 0.438. The fourth-order valence-electron chi connectivity index (χ4n) is 5.07. The average molecular weight is 564 g/mol. The smallest absolute Gasteiger partial charge is 0.248 e. The van der Waals surface area contributed by atoms with Crippen molar-refractivity contribution in [2.24, 2.45) is 23.5 Å². The zero-order valence-corrected chi connectivity index (χ0v) is 23.7. The van der Waals surface area contributed by atoms with Crippen LogP contribution in [0.1, 0.15) is 84.6 Å². The molecule has 220 valence electrons. The summed E-state index contributed by atoms with van der Waals surface area (Å²) in [6.45, 7) is 2.20. The summed E-state index contributed by atoms with van der Waals surface area (Å²) in [6.07, 6.45) is 22.3. The summed E-state index contributed by atoms with van der Waals surface area (Å²) in [7, 11) is 0. The summed E-state index contributed by atoms with van der Waals surface area (Å²) >= 11 is 0. The number of nitrogens with zero attached hydrogens (tertiary/aromatic N) is 1. The molecule has 0 spiro atoms. The largest absolute Gasteiger partial charge is 0.453 e. The third-order valence-electron chi connectivity index (χ3n) is 7.47. The SMILES string of the molecule is CC1C=CC(CC=CCCCCCCCc2ccc(C=O)c3c2OCO3)CC1C(=O)NO.NC(=O)c1ccncc1. The average Bonchev–Trinajstić information content (AvgIpc) is 3.50. The molecule has 3 atom stereocenters. The highest BCUT2D eigenvalue weighted by molar-refractivity contribution is 5.92. The topological polar surface area (TPSA) is 141 Å². The van der Waals surface area contributed by atoms with Crippen LogP contribution in [-0.2, 0) is 11.2 Å². The summed E-state index contributed by atoms with van der Waals surface area (Å²) in [5.41, 5.74) is 8.91. The minimum absolute atomic E-state index is 0.147. The first-order valence-electron chi connectivity index (χ1n) is 14.3. The van der Waals surface area contributed by atoms with Crippen LogP contribution in [0.5, 0.6) is 11.5 Å². The van der Waals surface area contributed by atoms with Crippen LogP contribution in [0.25, 0.3) is 0 Å². The second kappa shape index (κ2) is 17.0. The van der Waals surface area contributed by atoms with Crippen LogP contribution >= 0.6 is 0 Å². The van der Waals surface area contributed by atoms with Gasteiger partial charge in [-0.2, -0.15) is 0 Å². The van der Waals surface area contributed by atoms with Crippen molar-refractivity contribution in [2.45, 2.75) is 64.7 Å². The Labute approximate surface area is 241 Å². The first kappa shape index (κ1) is 31.5. The summed E-state index contributed by atoms with van der Waals surface area (Å²) in [5, 5.41) is 8.90. The minimum Gasteiger partial charge on any atom is -0.453 e. The van der Waals surface area contributed by atoms with E-state index in [2.05, 4.69) is 29.3 Å². The van der Waals surface area contributed by atoms with E-state index in [9.17, 15) is 14.4 Å². The molecule has 1 aromatic carbocycles. The van der Waals surface area contributed by atoms with E-state index in [1.807, 2.05) is 19.1 Å². The maximum atomic E-state index is 11.8. The van der Waals surface area contributed by atoms with Gasteiger partial charge in [-0.15, -0.1) is 0 Å². The Hall–Kier alpha value is -3.98. The molecule has 1 aliphatic heterocycles. The van der Waals surface area contributed by atoms with Crippen molar-refractivity contribution in [3.63, 3.8) is 0 Å². The Morgan fingerprint density at radius 2 is 1.76 bits per heavy atom. The molecule has 2 aliphatic rings. The number of fused-ring (bicyclic) bond motifs is 1. The fourth-order valence-corrected chi connectivity index (χ4v) is 5.07. The molecule has 0 fully saturated rings. The van der Waals surface area contributed by atoms with Gasteiger partial charge < -0.3 is 15.2 Å². The maximum Gasteiger partial charge on any atom is 0.248 e. The van der Waals surface area contributed by atoms with Crippen LogP contribution in [0.2, 0.25) is 0 Å². The third kappa shape index (κ3) is 9.86. The van der Waals surface area contributed by atoms with Gasteiger partial charge in [-0.25, -0.2) is 5.48 Å². The molecule has 0 radical (unpaired) electrons. The van der Waals surface area contributed by atoms with E-state index < -0.39 is 5.91 Å². The lowest BCUT2D eigenvalue weighted by Gasteiger charge is -2.27. The van der Waals surface area contributed by atoms with Gasteiger partial charge in [-0.05, 0) is 74.1 Å². The molecule has 9 nitrogen and oxygen atoms in total. The highest BCUT2D eigenvalue weighted by atomic mass is 16.7. The molecule has 4 N–H and O–H groups in total. The number of hydrogen-bond acceptors (Lipinski definition) is 7. The van der Waals surface area contributed by atoms with Crippen LogP contribution in [-0.4, -0.2) is 35.1 Å². The van der Waals surface area contributed by atoms with E-state index in [1.54, 1.807) is 17.6 Å². The number of aldehydes is 1. The normalized spacial score (nSPS) is 18.9. The van der Waals surface area contributed by atoms with Crippen molar-refractivity contribution >= 4 is 18.1 Å². The molecule has 41 heavy (non-hydrogen) atoms. The van der Waals surface area contributed by atoms with Gasteiger partial charge in [0.15, 0.2) is 17.8 Å². The van der Waals surface area contributed by atoms with E-state index in [0.29, 0.717) is 22.8 Å². The molecular formula is C32H41N3O6. The van der Waals surface area contributed by atoms with E-state index >= 15 is 0 Å². The van der Waals surface area contributed by atoms with Gasteiger partial charge in [0.2, 0.25) is 18.6 Å². The quantitative estimate of drug-likeness (QED) is 0.0951. The Balaban J connectivity index is 0.000000436. The number of aryl methyl sites for hydroxylation is 1. The number of nitrogens with two attached hydrogens (primary N) is 1. The molecule has 1 aliphatic carbocycles. The molecule has 2 amide bonds. The molecule has 1 aromatic heterocycles. The number of pyridine rings is 1. The highest BCUT2D eigenvalue weighted by Crippen LogP contribution is 2.39. The second-order valence-corrected chi connectivity index (χ2v) is 10.4. The van der Waals surface area contributed by atoms with Crippen LogP contribution in [0.4, 0.5) is 0 Å².